The quantitative estimate of drug-likeness (QED) is 0.341. The Kier molecular flexibility index (Phi) is 8.80. The number of aliphatic carboxylic acids is 1. The van der Waals surface area contributed by atoms with Crippen LogP contribution in [0.3, 0.4) is 0 Å². The van der Waals surface area contributed by atoms with E-state index < -0.39 is 42.2 Å². The first-order valence-corrected chi connectivity index (χ1v) is 11.8. The number of carbonyl (C=O) groups excluding carboxylic acids is 2. The van der Waals surface area contributed by atoms with Gasteiger partial charge in [0.15, 0.2) is 17.7 Å². The molecule has 0 radical (unpaired) electrons. The second-order valence-corrected chi connectivity index (χ2v) is 9.70. The van der Waals surface area contributed by atoms with Gasteiger partial charge in [-0.3, -0.25) is 9.69 Å². The third-order valence-corrected chi connectivity index (χ3v) is 5.76. The smallest absolute Gasteiger partial charge is 0.334 e. The Bertz CT molecular complexity index is 1310. The second-order valence-electron chi connectivity index (χ2n) is 9.70. The fraction of sp³-hybridized carbons (Fsp3) is 0.250. The van der Waals surface area contributed by atoms with Crippen LogP contribution in [0.1, 0.15) is 42.3 Å². The number of benzene rings is 3. The number of rotatable bonds is 8. The van der Waals surface area contributed by atoms with E-state index in [0.29, 0.717) is 11.3 Å². The highest BCUT2D eigenvalue weighted by Crippen LogP contribution is 2.26. The molecule has 0 bridgehead atoms. The van der Waals surface area contributed by atoms with Crippen LogP contribution in [0.4, 0.5) is 25.0 Å². The fourth-order valence-corrected chi connectivity index (χ4v) is 3.51. The molecule has 1 atom stereocenters. The number of urea groups is 1. The van der Waals surface area contributed by atoms with E-state index in [9.17, 15) is 28.3 Å². The van der Waals surface area contributed by atoms with Crippen molar-refractivity contribution >= 4 is 29.3 Å². The van der Waals surface area contributed by atoms with Crippen molar-refractivity contribution in [3.05, 3.63) is 95.1 Å². The molecule has 0 spiro atoms. The molecule has 0 aliphatic rings. The Morgan fingerprint density at radius 1 is 0.921 bits per heavy atom. The van der Waals surface area contributed by atoms with E-state index in [1.807, 2.05) is 12.1 Å². The number of amides is 3. The third kappa shape index (κ3) is 7.36. The van der Waals surface area contributed by atoms with Crippen LogP contribution in [-0.4, -0.2) is 40.8 Å². The number of carboxylic acid groups (broad SMARTS) is 1. The monoisotopic (exact) mass is 525 g/mol. The number of aliphatic hydroxyl groups excluding tert-OH is 1. The number of nitrogens with one attached hydrogen (secondary N) is 2. The van der Waals surface area contributed by atoms with Crippen LogP contribution in [0.5, 0.6) is 0 Å². The summed E-state index contributed by atoms with van der Waals surface area (Å²) >= 11 is 0. The van der Waals surface area contributed by atoms with E-state index in [4.69, 9.17) is 5.11 Å². The molecule has 8 nitrogen and oxygen atoms in total. The molecule has 0 fully saturated rings. The lowest BCUT2D eigenvalue weighted by atomic mass is 9.87. The van der Waals surface area contributed by atoms with Gasteiger partial charge in [0, 0.05) is 23.0 Å². The molecular formula is C28H29F2N3O5. The number of carbonyl (C=O) groups is 3. The molecule has 200 valence electrons. The number of aliphatic hydroxyl groups is 1. The van der Waals surface area contributed by atoms with E-state index in [1.165, 1.54) is 23.1 Å². The molecule has 0 saturated carbocycles. The summed E-state index contributed by atoms with van der Waals surface area (Å²) in [5.41, 5.74) is 2.49. The molecule has 1 unspecified atom stereocenters. The summed E-state index contributed by atoms with van der Waals surface area (Å²) in [5.74, 6) is -4.13. The molecule has 3 aromatic carbocycles. The van der Waals surface area contributed by atoms with Crippen LogP contribution in [0.15, 0.2) is 66.7 Å². The van der Waals surface area contributed by atoms with Crippen LogP contribution >= 0.6 is 0 Å². The molecule has 3 aromatic rings. The van der Waals surface area contributed by atoms with Gasteiger partial charge in [0.2, 0.25) is 0 Å². The molecule has 0 heterocycles. The number of anilines is 2. The highest BCUT2D eigenvalue weighted by molar-refractivity contribution is 6.01. The molecule has 0 aliphatic heterocycles. The molecule has 0 aromatic heterocycles. The zero-order chi connectivity index (χ0) is 28.0. The number of halogens is 2. The molecule has 3 amide bonds. The second kappa shape index (κ2) is 11.8. The van der Waals surface area contributed by atoms with Gasteiger partial charge in [-0.05, 0) is 52.9 Å². The largest absolute Gasteiger partial charge is 0.479 e. The minimum Gasteiger partial charge on any atom is -0.479 e. The summed E-state index contributed by atoms with van der Waals surface area (Å²) in [6.45, 7) is 5.84. The van der Waals surface area contributed by atoms with Crippen molar-refractivity contribution in [1.82, 2.24) is 5.32 Å². The van der Waals surface area contributed by atoms with Gasteiger partial charge >= 0.3 is 12.0 Å². The Hall–Kier alpha value is -4.31. The van der Waals surface area contributed by atoms with E-state index in [1.54, 1.807) is 24.3 Å². The number of hydrogen-bond donors (Lipinski definition) is 4. The van der Waals surface area contributed by atoms with Crippen molar-refractivity contribution in [1.29, 1.82) is 0 Å². The topological polar surface area (TPSA) is 119 Å². The molecule has 3 rings (SSSR count). The SMILES string of the molecule is CC(C)(C)c1ccc(N(Cc2ccc(C(=O)NCC(O)C(=O)O)cc2)C(=O)Nc2ccc(F)c(F)c2)cc1. The summed E-state index contributed by atoms with van der Waals surface area (Å²) in [6.07, 6.45) is -1.72. The van der Waals surface area contributed by atoms with E-state index in [-0.39, 0.29) is 23.2 Å². The predicted octanol–water partition coefficient (Wildman–Crippen LogP) is 4.68. The number of hydrogen-bond acceptors (Lipinski definition) is 4. The first kappa shape index (κ1) is 28.3. The van der Waals surface area contributed by atoms with Gasteiger partial charge in [-0.25, -0.2) is 18.4 Å². The predicted molar refractivity (Wildman–Crippen MR) is 139 cm³/mol. The summed E-state index contributed by atoms with van der Waals surface area (Å²) in [4.78, 5) is 37.6. The van der Waals surface area contributed by atoms with Gasteiger partial charge in [0.05, 0.1) is 13.1 Å². The van der Waals surface area contributed by atoms with E-state index in [2.05, 4.69) is 31.4 Å². The minimum atomic E-state index is -1.72. The van der Waals surface area contributed by atoms with Crippen molar-refractivity contribution in [2.45, 2.75) is 38.8 Å². The number of nitrogens with zero attached hydrogens (tertiary/aromatic N) is 1. The maximum absolute atomic E-state index is 13.7. The summed E-state index contributed by atoms with van der Waals surface area (Å²) in [7, 11) is 0. The van der Waals surface area contributed by atoms with Crippen LogP contribution in [0, 0.1) is 11.6 Å². The van der Waals surface area contributed by atoms with Crippen LogP contribution in [0.2, 0.25) is 0 Å². The fourth-order valence-electron chi connectivity index (χ4n) is 3.51. The lowest BCUT2D eigenvalue weighted by Crippen LogP contribution is -2.36. The molecule has 38 heavy (non-hydrogen) atoms. The van der Waals surface area contributed by atoms with E-state index in [0.717, 1.165) is 17.7 Å². The van der Waals surface area contributed by atoms with Crippen LogP contribution < -0.4 is 15.5 Å². The first-order chi connectivity index (χ1) is 17.8. The van der Waals surface area contributed by atoms with Crippen molar-refractivity contribution in [3.8, 4) is 0 Å². The molecule has 10 heteroatoms. The maximum atomic E-state index is 13.7. The third-order valence-electron chi connectivity index (χ3n) is 5.76. The van der Waals surface area contributed by atoms with Crippen molar-refractivity contribution in [3.63, 3.8) is 0 Å². The lowest BCUT2D eigenvalue weighted by Gasteiger charge is -2.25. The zero-order valence-electron chi connectivity index (χ0n) is 21.2. The van der Waals surface area contributed by atoms with Gasteiger partial charge < -0.3 is 20.8 Å². The number of carboxylic acids is 1. The summed E-state index contributed by atoms with van der Waals surface area (Å²) in [6, 6.07) is 16.2. The maximum Gasteiger partial charge on any atom is 0.334 e. The summed E-state index contributed by atoms with van der Waals surface area (Å²) in [5, 5.41) is 23.0. The van der Waals surface area contributed by atoms with Gasteiger partial charge in [-0.1, -0.05) is 45.0 Å². The first-order valence-electron chi connectivity index (χ1n) is 11.8. The van der Waals surface area contributed by atoms with Crippen molar-refractivity contribution < 1.29 is 33.4 Å². The Balaban J connectivity index is 1.82. The van der Waals surface area contributed by atoms with Crippen LogP contribution in [-0.2, 0) is 16.8 Å². The van der Waals surface area contributed by atoms with E-state index >= 15 is 0 Å². The summed E-state index contributed by atoms with van der Waals surface area (Å²) < 4.78 is 27.0. The van der Waals surface area contributed by atoms with Gasteiger partial charge in [0.25, 0.3) is 5.91 Å². The van der Waals surface area contributed by atoms with Gasteiger partial charge in [-0.15, -0.1) is 0 Å². The highest BCUT2D eigenvalue weighted by Gasteiger charge is 2.20. The van der Waals surface area contributed by atoms with Gasteiger partial charge in [-0.2, -0.15) is 0 Å². The highest BCUT2D eigenvalue weighted by atomic mass is 19.2. The Labute approximate surface area is 218 Å². The molecule has 4 N–H and O–H groups in total. The average molecular weight is 526 g/mol. The lowest BCUT2D eigenvalue weighted by molar-refractivity contribution is -0.146. The molecule has 0 saturated heterocycles. The van der Waals surface area contributed by atoms with Gasteiger partial charge in [0.1, 0.15) is 0 Å². The van der Waals surface area contributed by atoms with Crippen LogP contribution in [0.25, 0.3) is 0 Å². The van der Waals surface area contributed by atoms with Crippen molar-refractivity contribution in [2.24, 2.45) is 0 Å². The van der Waals surface area contributed by atoms with Crippen molar-refractivity contribution in [2.75, 3.05) is 16.8 Å². The molecular weight excluding hydrogens is 496 g/mol. The Morgan fingerprint density at radius 3 is 2.11 bits per heavy atom. The Morgan fingerprint density at radius 2 is 1.55 bits per heavy atom. The average Bonchev–Trinajstić information content (AvgIpc) is 2.87. The standard InChI is InChI=1S/C28H29F2N3O5/c1-28(2,3)19-8-11-21(12-9-19)33(27(38)32-20-10-13-22(29)23(30)14-20)16-17-4-6-18(7-5-17)25(35)31-15-24(34)26(36)37/h4-14,24,34H,15-16H2,1-3H3,(H,31,35)(H,32,38)(H,36,37). The normalized spacial score (nSPS) is 11.9. The molecule has 0 aliphatic carbocycles. The minimum absolute atomic E-state index is 0.0841. The zero-order valence-corrected chi connectivity index (χ0v) is 21.2.